The highest BCUT2D eigenvalue weighted by Crippen LogP contribution is 2.09. The Kier molecular flexibility index (Phi) is 5.93. The molecule has 0 aromatic heterocycles. The van der Waals surface area contributed by atoms with Crippen molar-refractivity contribution in [2.75, 3.05) is 31.1 Å². The number of hydrogen-bond acceptors (Lipinski definition) is 6. The second kappa shape index (κ2) is 7.05. The smallest absolute Gasteiger partial charge is 0.327 e. The highest BCUT2D eigenvalue weighted by atomic mass is 32.2. The van der Waals surface area contributed by atoms with E-state index in [9.17, 15) is 4.79 Å². The number of nitrogens with two attached hydrogens (primary N) is 1. The number of nitrogens with one attached hydrogen (secondary N) is 1. The van der Waals surface area contributed by atoms with Crippen LogP contribution in [0.2, 0.25) is 0 Å². The largest absolute Gasteiger partial charge is 0.356 e. The molecule has 1 fully saturated rings. The maximum atomic E-state index is 11.0. The molecule has 1 saturated heterocycles. The zero-order valence-corrected chi connectivity index (χ0v) is 9.02. The first-order valence-electron chi connectivity index (χ1n) is 4.78. The van der Waals surface area contributed by atoms with Crippen molar-refractivity contribution in [2.24, 2.45) is 5.84 Å². The molecular formula is C8H17N3O2S. The van der Waals surface area contributed by atoms with Gasteiger partial charge >= 0.3 is 5.97 Å². The zero-order chi connectivity index (χ0) is 10.2. The van der Waals surface area contributed by atoms with Crippen LogP contribution >= 0.6 is 11.8 Å². The highest BCUT2D eigenvalue weighted by molar-refractivity contribution is 7.99. The average molecular weight is 219 g/mol. The molecule has 0 bridgehead atoms. The van der Waals surface area contributed by atoms with Gasteiger partial charge < -0.3 is 9.74 Å². The van der Waals surface area contributed by atoms with Gasteiger partial charge in [-0.2, -0.15) is 11.8 Å². The fourth-order valence-electron chi connectivity index (χ4n) is 1.39. The Hall–Kier alpha value is -0.300. The lowest BCUT2D eigenvalue weighted by atomic mass is 10.3. The summed E-state index contributed by atoms with van der Waals surface area (Å²) in [5, 5.41) is 0. The summed E-state index contributed by atoms with van der Waals surface area (Å²) in [5.41, 5.74) is 1.90. The zero-order valence-electron chi connectivity index (χ0n) is 8.20. The van der Waals surface area contributed by atoms with Crippen LogP contribution in [0.4, 0.5) is 0 Å². The third kappa shape index (κ3) is 4.80. The van der Waals surface area contributed by atoms with Crippen molar-refractivity contribution >= 4 is 17.7 Å². The number of rotatable bonds is 4. The monoisotopic (exact) mass is 219 g/mol. The molecule has 0 amide bonds. The van der Waals surface area contributed by atoms with Crippen LogP contribution in [0.5, 0.6) is 0 Å². The number of carbonyl (C=O) groups excluding carboxylic acids is 1. The van der Waals surface area contributed by atoms with Crippen molar-refractivity contribution in [3.63, 3.8) is 0 Å². The third-order valence-electron chi connectivity index (χ3n) is 2.12. The molecule has 0 aromatic carbocycles. The summed E-state index contributed by atoms with van der Waals surface area (Å²) in [6, 6.07) is 0. The van der Waals surface area contributed by atoms with Gasteiger partial charge in [-0.05, 0) is 18.7 Å². The second-order valence-corrected chi connectivity index (χ2v) is 4.37. The Labute approximate surface area is 88.3 Å². The number of thioether (sulfide) groups is 1. The van der Waals surface area contributed by atoms with Gasteiger partial charge in [0.15, 0.2) is 0 Å². The van der Waals surface area contributed by atoms with E-state index in [-0.39, 0.29) is 5.97 Å². The van der Waals surface area contributed by atoms with E-state index in [1.165, 1.54) is 12.2 Å². The summed E-state index contributed by atoms with van der Waals surface area (Å²) < 4.78 is 0. The molecule has 1 rings (SSSR count). The molecule has 1 aliphatic rings. The van der Waals surface area contributed by atoms with Crippen LogP contribution in [-0.4, -0.2) is 42.0 Å². The standard InChI is InChI=1S/C8H17N3O2S/c9-10-13-8(12)2-4-11-3-1-6-14-7-5-11/h10H,1-7,9H2. The van der Waals surface area contributed by atoms with E-state index < -0.39 is 0 Å². The molecule has 0 saturated carbocycles. The van der Waals surface area contributed by atoms with Crippen LogP contribution in [0.3, 0.4) is 0 Å². The number of carbonyl (C=O) groups is 1. The Morgan fingerprint density at radius 2 is 2.36 bits per heavy atom. The fraction of sp³-hybridized carbons (Fsp3) is 0.875. The Morgan fingerprint density at radius 1 is 1.50 bits per heavy atom. The molecule has 6 heteroatoms. The molecule has 0 radical (unpaired) electrons. The Bertz CT molecular complexity index is 172. The third-order valence-corrected chi connectivity index (χ3v) is 3.17. The molecule has 1 aliphatic heterocycles. The predicted octanol–water partition coefficient (Wildman–Crippen LogP) is -0.263. The molecule has 0 unspecified atom stereocenters. The van der Waals surface area contributed by atoms with Gasteiger partial charge in [-0.25, -0.2) is 5.84 Å². The average Bonchev–Trinajstić information content (AvgIpc) is 2.43. The lowest BCUT2D eigenvalue weighted by molar-refractivity contribution is -0.151. The predicted molar refractivity (Wildman–Crippen MR) is 56.4 cm³/mol. The minimum Gasteiger partial charge on any atom is -0.356 e. The lowest BCUT2D eigenvalue weighted by Gasteiger charge is -2.18. The molecule has 0 atom stereocenters. The highest BCUT2D eigenvalue weighted by Gasteiger charge is 2.11. The van der Waals surface area contributed by atoms with Gasteiger partial charge in [-0.1, -0.05) is 5.59 Å². The molecule has 0 aromatic rings. The summed E-state index contributed by atoms with van der Waals surface area (Å²) in [4.78, 5) is 17.7. The van der Waals surface area contributed by atoms with Crippen molar-refractivity contribution in [1.29, 1.82) is 0 Å². The van der Waals surface area contributed by atoms with Crippen molar-refractivity contribution in [2.45, 2.75) is 12.8 Å². The van der Waals surface area contributed by atoms with E-state index in [1.54, 1.807) is 0 Å². The van der Waals surface area contributed by atoms with Gasteiger partial charge in [0.25, 0.3) is 0 Å². The number of hydrazine groups is 1. The first kappa shape index (κ1) is 11.8. The maximum Gasteiger partial charge on any atom is 0.327 e. The van der Waals surface area contributed by atoms with E-state index in [0.717, 1.165) is 25.4 Å². The topological polar surface area (TPSA) is 67.6 Å². The Balaban J connectivity index is 2.12. The van der Waals surface area contributed by atoms with Crippen LogP contribution in [0.25, 0.3) is 0 Å². The number of nitrogens with zero attached hydrogens (tertiary/aromatic N) is 1. The van der Waals surface area contributed by atoms with E-state index in [0.29, 0.717) is 6.42 Å². The molecule has 5 nitrogen and oxygen atoms in total. The molecular weight excluding hydrogens is 202 g/mol. The molecule has 14 heavy (non-hydrogen) atoms. The van der Waals surface area contributed by atoms with Crippen molar-refractivity contribution in [3.05, 3.63) is 0 Å². The molecule has 0 aliphatic carbocycles. The van der Waals surface area contributed by atoms with E-state index >= 15 is 0 Å². The Morgan fingerprint density at radius 3 is 3.14 bits per heavy atom. The first-order chi connectivity index (χ1) is 6.83. The van der Waals surface area contributed by atoms with Gasteiger partial charge in [-0.3, -0.25) is 4.79 Å². The molecule has 82 valence electrons. The summed E-state index contributed by atoms with van der Waals surface area (Å²) in [6.07, 6.45) is 1.60. The minimum absolute atomic E-state index is 0.301. The van der Waals surface area contributed by atoms with Crippen molar-refractivity contribution < 1.29 is 9.63 Å². The van der Waals surface area contributed by atoms with Gasteiger partial charge in [-0.15, -0.1) is 0 Å². The van der Waals surface area contributed by atoms with Gasteiger partial charge in [0.1, 0.15) is 0 Å². The van der Waals surface area contributed by atoms with E-state index in [4.69, 9.17) is 5.84 Å². The van der Waals surface area contributed by atoms with Crippen molar-refractivity contribution in [3.8, 4) is 0 Å². The van der Waals surface area contributed by atoms with Gasteiger partial charge in [0, 0.05) is 18.8 Å². The molecule has 1 heterocycles. The van der Waals surface area contributed by atoms with Crippen LogP contribution in [0.15, 0.2) is 0 Å². The second-order valence-electron chi connectivity index (χ2n) is 3.15. The van der Waals surface area contributed by atoms with Gasteiger partial charge in [0.2, 0.25) is 0 Å². The number of hydrogen-bond donors (Lipinski definition) is 2. The summed E-state index contributed by atoms with van der Waals surface area (Å²) >= 11 is 1.97. The lowest BCUT2D eigenvalue weighted by Crippen LogP contribution is -2.31. The minimum atomic E-state index is -0.301. The quantitative estimate of drug-likeness (QED) is 0.501. The normalized spacial score (nSPS) is 18.9. The van der Waals surface area contributed by atoms with Crippen LogP contribution in [0.1, 0.15) is 12.8 Å². The van der Waals surface area contributed by atoms with Crippen LogP contribution in [-0.2, 0) is 9.63 Å². The molecule has 3 N–H and O–H groups in total. The maximum absolute atomic E-state index is 11.0. The van der Waals surface area contributed by atoms with Crippen LogP contribution in [0, 0.1) is 0 Å². The summed E-state index contributed by atoms with van der Waals surface area (Å²) in [7, 11) is 0. The first-order valence-corrected chi connectivity index (χ1v) is 5.94. The van der Waals surface area contributed by atoms with Crippen molar-refractivity contribution in [1.82, 2.24) is 10.5 Å². The van der Waals surface area contributed by atoms with E-state index in [1.807, 2.05) is 17.4 Å². The summed E-state index contributed by atoms with van der Waals surface area (Å²) in [6.45, 7) is 2.91. The van der Waals surface area contributed by atoms with E-state index in [2.05, 4.69) is 9.74 Å². The molecule has 0 spiro atoms. The fourth-order valence-corrected chi connectivity index (χ4v) is 2.31. The van der Waals surface area contributed by atoms with Gasteiger partial charge in [0.05, 0.1) is 6.42 Å². The summed E-state index contributed by atoms with van der Waals surface area (Å²) in [5.74, 6) is 6.94. The van der Waals surface area contributed by atoms with Crippen LogP contribution < -0.4 is 11.4 Å². The SMILES string of the molecule is NNOC(=O)CCN1CCCSCC1.